The van der Waals surface area contributed by atoms with Gasteiger partial charge in [-0.1, -0.05) is 12.5 Å². The second-order valence-corrected chi connectivity index (χ2v) is 8.60. The Kier molecular flexibility index (Phi) is 7.71. The first kappa shape index (κ1) is 23.3. The van der Waals surface area contributed by atoms with E-state index in [0.717, 1.165) is 57.0 Å². The van der Waals surface area contributed by atoms with Crippen molar-refractivity contribution in [1.82, 2.24) is 19.8 Å². The van der Waals surface area contributed by atoms with E-state index in [1.165, 1.54) is 11.3 Å². The first-order valence-electron chi connectivity index (χ1n) is 10.1. The summed E-state index contributed by atoms with van der Waals surface area (Å²) in [4.78, 5) is 29.4. The van der Waals surface area contributed by atoms with Gasteiger partial charge in [0.15, 0.2) is 0 Å². The van der Waals surface area contributed by atoms with Gasteiger partial charge in [-0.3, -0.25) is 9.69 Å². The summed E-state index contributed by atoms with van der Waals surface area (Å²) in [5, 5.41) is 12.4. The van der Waals surface area contributed by atoms with Crippen LogP contribution in [-0.4, -0.2) is 50.7 Å². The number of thiophene rings is 1. The van der Waals surface area contributed by atoms with Crippen molar-refractivity contribution in [2.24, 2.45) is 5.92 Å². The first-order chi connectivity index (χ1) is 14.7. The van der Waals surface area contributed by atoms with Gasteiger partial charge in [-0.2, -0.15) is 13.2 Å². The third kappa shape index (κ3) is 6.54. The molecule has 1 saturated carbocycles. The van der Waals surface area contributed by atoms with Crippen LogP contribution in [0.15, 0.2) is 23.7 Å². The number of carboxylic acid groups (broad SMARTS) is 1. The van der Waals surface area contributed by atoms with E-state index < -0.39 is 12.1 Å². The van der Waals surface area contributed by atoms with Crippen LogP contribution >= 0.6 is 11.3 Å². The van der Waals surface area contributed by atoms with Crippen LogP contribution in [0.25, 0.3) is 0 Å². The maximum atomic E-state index is 12.0. The number of aliphatic carboxylic acids is 1. The number of alkyl halides is 3. The lowest BCUT2D eigenvalue weighted by atomic mass is 9.85. The third-order valence-electron chi connectivity index (χ3n) is 5.43. The number of nitrogens with one attached hydrogen (secondary N) is 1. The van der Waals surface area contributed by atoms with E-state index in [9.17, 15) is 18.0 Å². The highest BCUT2D eigenvalue weighted by atomic mass is 32.1. The maximum absolute atomic E-state index is 12.0. The normalized spacial score (nSPS) is 17.0. The standard InChI is InChI=1S/C18H24N4OS.C2HF3O2/c23-18(14-3-1-4-14)20-12-15-11-19-17-6-7-21(8-9-22(15)17)13-16-5-2-10-24-16;3-2(4,5)1(6)7/h2,5,10-11,14H,1,3-4,6-9,12-13H2,(H,20,23);(H,6,7). The van der Waals surface area contributed by atoms with E-state index in [1.807, 2.05) is 17.5 Å². The average molecular weight is 459 g/mol. The zero-order valence-electron chi connectivity index (χ0n) is 16.9. The molecule has 1 fully saturated rings. The molecular formula is C20H25F3N4O3S. The van der Waals surface area contributed by atoms with Gasteiger partial charge in [-0.05, 0) is 24.3 Å². The van der Waals surface area contributed by atoms with Crippen molar-refractivity contribution >= 4 is 23.2 Å². The molecule has 0 radical (unpaired) electrons. The minimum absolute atomic E-state index is 0.213. The Balaban J connectivity index is 0.000000339. The number of hydrogen-bond acceptors (Lipinski definition) is 5. The molecule has 0 bridgehead atoms. The molecule has 4 rings (SSSR count). The topological polar surface area (TPSA) is 87.5 Å². The number of nitrogens with zero attached hydrogens (tertiary/aromatic N) is 3. The molecule has 2 aliphatic rings. The van der Waals surface area contributed by atoms with Gasteiger partial charge < -0.3 is 15.0 Å². The van der Waals surface area contributed by atoms with E-state index >= 15 is 0 Å². The Morgan fingerprint density at radius 3 is 2.58 bits per heavy atom. The molecule has 170 valence electrons. The quantitative estimate of drug-likeness (QED) is 0.719. The Morgan fingerprint density at radius 1 is 1.26 bits per heavy atom. The summed E-state index contributed by atoms with van der Waals surface area (Å²) >= 11 is 1.82. The van der Waals surface area contributed by atoms with Crippen molar-refractivity contribution in [2.75, 3.05) is 13.1 Å². The second-order valence-electron chi connectivity index (χ2n) is 7.57. The lowest BCUT2D eigenvalue weighted by molar-refractivity contribution is -0.192. The summed E-state index contributed by atoms with van der Waals surface area (Å²) in [6.45, 7) is 4.66. The zero-order valence-corrected chi connectivity index (χ0v) is 17.7. The van der Waals surface area contributed by atoms with E-state index in [1.54, 1.807) is 0 Å². The lowest BCUT2D eigenvalue weighted by Crippen LogP contribution is -2.34. The number of rotatable bonds is 5. The number of carbonyl (C=O) groups is 2. The molecule has 1 amide bonds. The summed E-state index contributed by atoms with van der Waals surface area (Å²) in [5.41, 5.74) is 1.13. The Labute approximate surface area is 181 Å². The number of amides is 1. The highest BCUT2D eigenvalue weighted by molar-refractivity contribution is 7.09. The average Bonchev–Trinajstić information content (AvgIpc) is 3.25. The Morgan fingerprint density at radius 2 is 2.00 bits per heavy atom. The Hall–Kier alpha value is -2.40. The molecule has 0 spiro atoms. The summed E-state index contributed by atoms with van der Waals surface area (Å²) in [7, 11) is 0. The van der Waals surface area contributed by atoms with Crippen LogP contribution in [0.4, 0.5) is 13.2 Å². The molecule has 31 heavy (non-hydrogen) atoms. The Bertz CT molecular complexity index is 879. The van der Waals surface area contributed by atoms with Gasteiger partial charge in [-0.25, -0.2) is 9.78 Å². The third-order valence-corrected chi connectivity index (χ3v) is 6.30. The van der Waals surface area contributed by atoms with Crippen molar-refractivity contribution in [3.8, 4) is 0 Å². The van der Waals surface area contributed by atoms with Crippen molar-refractivity contribution in [2.45, 2.75) is 51.5 Å². The van der Waals surface area contributed by atoms with Crippen LogP contribution in [0.1, 0.15) is 35.7 Å². The predicted molar refractivity (Wildman–Crippen MR) is 108 cm³/mol. The fourth-order valence-corrected chi connectivity index (χ4v) is 4.20. The van der Waals surface area contributed by atoms with Gasteiger partial charge in [0.1, 0.15) is 5.82 Å². The fraction of sp³-hybridized carbons (Fsp3) is 0.550. The largest absolute Gasteiger partial charge is 0.490 e. The lowest BCUT2D eigenvalue weighted by Gasteiger charge is -2.24. The number of carboxylic acids is 1. The highest BCUT2D eigenvalue weighted by Crippen LogP contribution is 2.26. The smallest absolute Gasteiger partial charge is 0.475 e. The van der Waals surface area contributed by atoms with Crippen LogP contribution in [0.5, 0.6) is 0 Å². The molecule has 0 atom stereocenters. The fourth-order valence-electron chi connectivity index (χ4n) is 3.45. The van der Waals surface area contributed by atoms with Crippen LogP contribution in [0.3, 0.4) is 0 Å². The molecule has 2 aromatic heterocycles. The zero-order chi connectivity index (χ0) is 22.4. The molecule has 0 aromatic carbocycles. The number of imidazole rings is 1. The minimum atomic E-state index is -5.08. The molecular weight excluding hydrogens is 433 g/mol. The molecule has 0 unspecified atom stereocenters. The molecule has 7 nitrogen and oxygen atoms in total. The molecule has 2 N–H and O–H groups in total. The van der Waals surface area contributed by atoms with Gasteiger partial charge >= 0.3 is 12.1 Å². The van der Waals surface area contributed by atoms with Crippen LogP contribution in [0, 0.1) is 5.92 Å². The predicted octanol–water partition coefficient (Wildman–Crippen LogP) is 3.05. The first-order valence-corrected chi connectivity index (χ1v) is 11.0. The minimum Gasteiger partial charge on any atom is -0.475 e. The summed E-state index contributed by atoms with van der Waals surface area (Å²) in [5.74, 6) is -1.15. The van der Waals surface area contributed by atoms with Gasteiger partial charge in [0.05, 0.1) is 18.4 Å². The van der Waals surface area contributed by atoms with Crippen LogP contribution < -0.4 is 5.32 Å². The highest BCUT2D eigenvalue weighted by Gasteiger charge is 2.38. The second kappa shape index (κ2) is 10.3. The van der Waals surface area contributed by atoms with Gasteiger partial charge in [0.2, 0.25) is 5.91 Å². The van der Waals surface area contributed by atoms with E-state index in [2.05, 4.69) is 37.3 Å². The number of aromatic nitrogens is 2. The number of hydrogen-bond donors (Lipinski definition) is 2. The monoisotopic (exact) mass is 458 g/mol. The van der Waals surface area contributed by atoms with Crippen molar-refractivity contribution in [3.63, 3.8) is 0 Å². The summed E-state index contributed by atoms with van der Waals surface area (Å²) in [6, 6.07) is 4.32. The summed E-state index contributed by atoms with van der Waals surface area (Å²) < 4.78 is 34.0. The SMILES string of the molecule is O=C(NCc1cnc2n1CCN(Cc1cccs1)CC2)C1CCC1.O=C(O)C(F)(F)F. The molecule has 1 aliphatic heterocycles. The van der Waals surface area contributed by atoms with E-state index in [-0.39, 0.29) is 11.8 Å². The van der Waals surface area contributed by atoms with Crippen molar-refractivity contribution in [3.05, 3.63) is 40.1 Å². The maximum Gasteiger partial charge on any atom is 0.490 e. The molecule has 2 aromatic rings. The number of fused-ring (bicyclic) bond motifs is 1. The van der Waals surface area contributed by atoms with Gasteiger partial charge in [0.25, 0.3) is 0 Å². The van der Waals surface area contributed by atoms with Crippen molar-refractivity contribution < 1.29 is 27.9 Å². The van der Waals surface area contributed by atoms with E-state index in [0.29, 0.717) is 6.54 Å². The van der Waals surface area contributed by atoms with Crippen LogP contribution in [-0.2, 0) is 35.6 Å². The van der Waals surface area contributed by atoms with E-state index in [4.69, 9.17) is 9.90 Å². The number of carbonyl (C=O) groups excluding carboxylic acids is 1. The molecule has 3 heterocycles. The van der Waals surface area contributed by atoms with Crippen LogP contribution in [0.2, 0.25) is 0 Å². The van der Waals surface area contributed by atoms with Crippen molar-refractivity contribution in [1.29, 1.82) is 0 Å². The van der Waals surface area contributed by atoms with Gasteiger partial charge in [0, 0.05) is 43.4 Å². The number of halogens is 3. The molecule has 11 heteroatoms. The summed E-state index contributed by atoms with van der Waals surface area (Å²) in [6.07, 6.45) is 1.12. The van der Waals surface area contributed by atoms with Gasteiger partial charge in [-0.15, -0.1) is 11.3 Å². The molecule has 1 aliphatic carbocycles. The molecule has 0 saturated heterocycles.